The highest BCUT2D eigenvalue weighted by atomic mass is 16.6. The molecule has 2 fully saturated rings. The third-order valence-electron chi connectivity index (χ3n) is 5.68. The van der Waals surface area contributed by atoms with Crippen molar-refractivity contribution in [1.29, 1.82) is 0 Å². The summed E-state index contributed by atoms with van der Waals surface area (Å²) in [5.74, 6) is 5.77. The second-order valence-corrected chi connectivity index (χ2v) is 7.53. The molecule has 5 heteroatoms. The summed E-state index contributed by atoms with van der Waals surface area (Å²) in [5, 5.41) is 14.6. The highest BCUT2D eigenvalue weighted by Crippen LogP contribution is 2.40. The Kier molecular flexibility index (Phi) is 6.76. The number of hydrogen-bond donors (Lipinski definition) is 2. The number of nitrogens with one attached hydrogen (secondary N) is 1. The fraction of sp³-hybridized carbons (Fsp3) is 0.591. The molecule has 5 nitrogen and oxygen atoms in total. The van der Waals surface area contributed by atoms with Crippen LogP contribution in [0, 0.1) is 11.8 Å². The molecule has 27 heavy (non-hydrogen) atoms. The van der Waals surface area contributed by atoms with Gasteiger partial charge in [0.05, 0.1) is 5.60 Å². The molecule has 1 atom stereocenters. The minimum Gasteiger partial charge on any atom is -0.449 e. The molecule has 1 aliphatic heterocycles. The van der Waals surface area contributed by atoms with Crippen LogP contribution in [0.25, 0.3) is 0 Å². The van der Waals surface area contributed by atoms with E-state index in [0.717, 1.165) is 56.3 Å². The number of carbonyl (C=O) groups excluding carboxylic acids is 1. The summed E-state index contributed by atoms with van der Waals surface area (Å²) in [5.41, 5.74) is 1.08. The molecular weight excluding hydrogens is 340 g/mol. The molecule has 0 spiro atoms. The van der Waals surface area contributed by atoms with Crippen LogP contribution in [0.1, 0.15) is 56.1 Å². The van der Waals surface area contributed by atoms with Gasteiger partial charge >= 0.3 is 6.09 Å². The van der Waals surface area contributed by atoms with Crippen LogP contribution < -0.4 is 5.32 Å². The van der Waals surface area contributed by atoms with Gasteiger partial charge in [0.2, 0.25) is 0 Å². The van der Waals surface area contributed by atoms with Gasteiger partial charge in [-0.2, -0.15) is 0 Å². The number of benzene rings is 1. The summed E-state index contributed by atoms with van der Waals surface area (Å²) in [7, 11) is 0. The molecule has 2 aliphatic rings. The van der Waals surface area contributed by atoms with E-state index in [1.54, 1.807) is 4.90 Å². The van der Waals surface area contributed by atoms with Gasteiger partial charge in [0.15, 0.2) is 0 Å². The summed E-state index contributed by atoms with van der Waals surface area (Å²) in [6, 6.07) is 7.96. The normalized spacial score (nSPS) is 20.3. The van der Waals surface area contributed by atoms with Crippen molar-refractivity contribution < 1.29 is 14.6 Å². The molecule has 2 N–H and O–H groups in total. The Balaban J connectivity index is 1.78. The van der Waals surface area contributed by atoms with E-state index in [0.29, 0.717) is 13.1 Å². The van der Waals surface area contributed by atoms with E-state index in [-0.39, 0.29) is 18.6 Å². The van der Waals surface area contributed by atoms with Crippen molar-refractivity contribution in [2.24, 2.45) is 0 Å². The second kappa shape index (κ2) is 9.25. The minimum atomic E-state index is -0.833. The maximum absolute atomic E-state index is 12.5. The average molecular weight is 370 g/mol. The zero-order chi connectivity index (χ0) is 19.1. The van der Waals surface area contributed by atoms with Gasteiger partial charge in [-0.3, -0.25) is 0 Å². The first-order valence-electron chi connectivity index (χ1n) is 10.00. The van der Waals surface area contributed by atoms with Gasteiger partial charge in [0.25, 0.3) is 0 Å². The van der Waals surface area contributed by atoms with Crippen molar-refractivity contribution in [1.82, 2.24) is 10.2 Å². The summed E-state index contributed by atoms with van der Waals surface area (Å²) in [6.07, 6.45) is 4.36. The van der Waals surface area contributed by atoms with E-state index in [2.05, 4.69) is 17.2 Å². The Hall–Kier alpha value is -2.03. The SMILES string of the molecule is CC#Cc1cccc(C(COC(=O)N2CCNCC2)C2(O)CCCCC2)c1. The molecule has 0 radical (unpaired) electrons. The van der Waals surface area contributed by atoms with Gasteiger partial charge in [0, 0.05) is 37.7 Å². The van der Waals surface area contributed by atoms with E-state index in [9.17, 15) is 9.90 Å². The lowest BCUT2D eigenvalue weighted by atomic mass is 9.73. The van der Waals surface area contributed by atoms with Crippen LogP contribution in [0.2, 0.25) is 0 Å². The van der Waals surface area contributed by atoms with Crippen molar-refractivity contribution >= 4 is 6.09 Å². The topological polar surface area (TPSA) is 61.8 Å². The fourth-order valence-electron chi connectivity index (χ4n) is 4.14. The number of ether oxygens (including phenoxy) is 1. The van der Waals surface area contributed by atoms with Crippen LogP contribution in [-0.4, -0.2) is 54.5 Å². The summed E-state index contributed by atoms with van der Waals surface area (Å²) in [4.78, 5) is 14.2. The molecule has 0 aromatic heterocycles. The number of aliphatic hydroxyl groups is 1. The minimum absolute atomic E-state index is 0.197. The predicted octanol–water partition coefficient (Wildman–Crippen LogP) is 2.88. The van der Waals surface area contributed by atoms with Gasteiger partial charge in [-0.15, -0.1) is 5.92 Å². The molecule has 1 amide bonds. The molecule has 1 saturated heterocycles. The van der Waals surface area contributed by atoms with Gasteiger partial charge in [0.1, 0.15) is 6.61 Å². The fourth-order valence-corrected chi connectivity index (χ4v) is 4.14. The van der Waals surface area contributed by atoms with E-state index in [1.165, 1.54) is 0 Å². The first kappa shape index (κ1) is 19.7. The van der Waals surface area contributed by atoms with Crippen molar-refractivity contribution in [3.05, 3.63) is 35.4 Å². The Morgan fingerprint density at radius 1 is 1.30 bits per heavy atom. The molecule has 1 saturated carbocycles. The summed E-state index contributed by atoms with van der Waals surface area (Å²) < 4.78 is 5.68. The highest BCUT2D eigenvalue weighted by molar-refractivity contribution is 5.67. The molecular formula is C22H30N2O3. The zero-order valence-corrected chi connectivity index (χ0v) is 16.2. The number of rotatable bonds is 4. The number of carbonyl (C=O) groups is 1. The van der Waals surface area contributed by atoms with Crippen LogP contribution in [0.5, 0.6) is 0 Å². The Morgan fingerprint density at radius 2 is 2.04 bits per heavy atom. The van der Waals surface area contributed by atoms with Crippen molar-refractivity contribution in [2.45, 2.75) is 50.5 Å². The van der Waals surface area contributed by atoms with E-state index in [1.807, 2.05) is 31.2 Å². The molecule has 0 bridgehead atoms. The second-order valence-electron chi connectivity index (χ2n) is 7.53. The lowest BCUT2D eigenvalue weighted by molar-refractivity contribution is -0.0409. The lowest BCUT2D eigenvalue weighted by Gasteiger charge is -2.39. The smallest absolute Gasteiger partial charge is 0.409 e. The third-order valence-corrected chi connectivity index (χ3v) is 5.68. The highest BCUT2D eigenvalue weighted by Gasteiger charge is 2.40. The Labute approximate surface area is 162 Å². The summed E-state index contributed by atoms with van der Waals surface area (Å²) >= 11 is 0. The molecule has 1 unspecified atom stereocenters. The number of amides is 1. The van der Waals surface area contributed by atoms with Crippen LogP contribution in [0.4, 0.5) is 4.79 Å². The molecule has 1 aromatic carbocycles. The maximum atomic E-state index is 12.5. The van der Waals surface area contributed by atoms with E-state index >= 15 is 0 Å². The maximum Gasteiger partial charge on any atom is 0.409 e. The molecule has 1 aromatic rings. The van der Waals surface area contributed by atoms with Crippen LogP contribution in [0.3, 0.4) is 0 Å². The number of piperazine rings is 1. The van der Waals surface area contributed by atoms with Gasteiger partial charge in [-0.1, -0.05) is 37.3 Å². The van der Waals surface area contributed by atoms with Crippen molar-refractivity contribution in [3.8, 4) is 11.8 Å². The first-order chi connectivity index (χ1) is 13.1. The lowest BCUT2D eigenvalue weighted by Crippen LogP contribution is -2.47. The largest absolute Gasteiger partial charge is 0.449 e. The third kappa shape index (κ3) is 5.03. The Bertz CT molecular complexity index is 695. The average Bonchev–Trinajstić information content (AvgIpc) is 2.70. The van der Waals surface area contributed by atoms with Gasteiger partial charge < -0.3 is 20.1 Å². The standard InChI is InChI=1S/C22H30N2O3/c1-2-7-18-8-6-9-19(16-18)20(22(26)10-4-3-5-11-22)17-27-21(25)24-14-12-23-13-15-24/h6,8-9,16,20,23,26H,3-5,10-15,17H2,1H3. The van der Waals surface area contributed by atoms with Crippen LogP contribution >= 0.6 is 0 Å². The quantitative estimate of drug-likeness (QED) is 0.800. The first-order valence-corrected chi connectivity index (χ1v) is 10.00. The van der Waals surface area contributed by atoms with E-state index < -0.39 is 5.60 Å². The molecule has 1 heterocycles. The Morgan fingerprint density at radius 3 is 2.74 bits per heavy atom. The van der Waals surface area contributed by atoms with Gasteiger partial charge in [-0.25, -0.2) is 4.79 Å². The van der Waals surface area contributed by atoms with Crippen LogP contribution in [0.15, 0.2) is 24.3 Å². The number of hydrogen-bond acceptors (Lipinski definition) is 4. The predicted molar refractivity (Wildman–Crippen MR) is 106 cm³/mol. The van der Waals surface area contributed by atoms with E-state index in [4.69, 9.17) is 4.74 Å². The molecule has 146 valence electrons. The van der Waals surface area contributed by atoms with Crippen LogP contribution in [-0.2, 0) is 4.74 Å². The zero-order valence-electron chi connectivity index (χ0n) is 16.2. The summed E-state index contributed by atoms with van der Waals surface area (Å²) in [6.45, 7) is 4.92. The number of nitrogens with zero attached hydrogens (tertiary/aromatic N) is 1. The molecule has 1 aliphatic carbocycles. The monoisotopic (exact) mass is 370 g/mol. The van der Waals surface area contributed by atoms with Gasteiger partial charge in [-0.05, 0) is 37.5 Å². The van der Waals surface area contributed by atoms with Crippen molar-refractivity contribution in [2.75, 3.05) is 32.8 Å². The molecule has 3 rings (SSSR count). The van der Waals surface area contributed by atoms with Crippen molar-refractivity contribution in [3.63, 3.8) is 0 Å².